The number of nitrogens with one attached hydrogen (secondary N) is 1. The maximum atomic E-state index is 13.4. The van der Waals surface area contributed by atoms with Gasteiger partial charge in [-0.1, -0.05) is 0 Å². The lowest BCUT2D eigenvalue weighted by atomic mass is 10.1. The van der Waals surface area contributed by atoms with E-state index in [1.807, 2.05) is 0 Å². The van der Waals surface area contributed by atoms with Crippen molar-refractivity contribution < 1.29 is 31.9 Å². The summed E-state index contributed by atoms with van der Waals surface area (Å²) in [5, 5.41) is 1.61. The summed E-state index contributed by atoms with van der Waals surface area (Å²) in [6, 6.07) is 3.37. The number of carbonyl (C=O) groups is 2. The van der Waals surface area contributed by atoms with Gasteiger partial charge in [-0.05, 0) is 30.2 Å². The number of esters is 1. The molecule has 0 unspecified atom stereocenters. The van der Waals surface area contributed by atoms with Gasteiger partial charge in [-0.15, -0.1) is 0 Å². The molecule has 0 aliphatic carbocycles. The van der Waals surface area contributed by atoms with Gasteiger partial charge in [-0.3, -0.25) is 4.79 Å². The van der Waals surface area contributed by atoms with Crippen molar-refractivity contribution in [1.82, 2.24) is 5.32 Å². The highest BCUT2D eigenvalue weighted by Crippen LogP contribution is 2.15. The number of amides is 1. The molecule has 1 aromatic rings. The van der Waals surface area contributed by atoms with E-state index in [-0.39, 0.29) is 17.5 Å². The summed E-state index contributed by atoms with van der Waals surface area (Å²) in [5.41, 5.74) is 0.0847. The van der Waals surface area contributed by atoms with Gasteiger partial charge in [0, 0.05) is 6.54 Å². The van der Waals surface area contributed by atoms with Crippen molar-refractivity contribution in [2.75, 3.05) is 13.7 Å². The fraction of sp³-hybridized carbons (Fsp3) is 0.333. The Balaban J connectivity index is 2.68. The summed E-state index contributed by atoms with van der Waals surface area (Å²) in [6.45, 7) is -0.403. The van der Waals surface area contributed by atoms with Crippen molar-refractivity contribution in [3.63, 3.8) is 0 Å². The van der Waals surface area contributed by atoms with E-state index >= 15 is 0 Å². The van der Waals surface area contributed by atoms with Crippen LogP contribution in [-0.2, 0) is 16.0 Å². The molecule has 0 bridgehead atoms. The molecule has 0 aliphatic rings. The second-order valence-electron chi connectivity index (χ2n) is 3.80. The number of rotatable bonds is 4. The molecule has 110 valence electrons. The fourth-order valence-corrected chi connectivity index (χ4v) is 1.42. The first-order valence-electron chi connectivity index (χ1n) is 5.47. The summed E-state index contributed by atoms with van der Waals surface area (Å²) in [7, 11) is 1.15. The first-order valence-corrected chi connectivity index (χ1v) is 5.47. The molecule has 0 atom stereocenters. The largest absolute Gasteiger partial charge is 0.471 e. The lowest BCUT2D eigenvalue weighted by Crippen LogP contribution is -2.37. The van der Waals surface area contributed by atoms with Crippen LogP contribution in [0.15, 0.2) is 18.2 Å². The van der Waals surface area contributed by atoms with E-state index in [0.717, 1.165) is 13.2 Å². The number of alkyl halides is 3. The maximum Gasteiger partial charge on any atom is 0.471 e. The summed E-state index contributed by atoms with van der Waals surface area (Å²) >= 11 is 0. The summed E-state index contributed by atoms with van der Waals surface area (Å²) in [5.74, 6) is -3.47. The van der Waals surface area contributed by atoms with Gasteiger partial charge in [0.1, 0.15) is 5.82 Å². The van der Waals surface area contributed by atoms with Gasteiger partial charge in [-0.25, -0.2) is 9.18 Å². The van der Waals surface area contributed by atoms with E-state index in [4.69, 9.17) is 0 Å². The predicted molar refractivity (Wildman–Crippen MR) is 60.5 cm³/mol. The topological polar surface area (TPSA) is 55.4 Å². The van der Waals surface area contributed by atoms with Crippen molar-refractivity contribution in [2.24, 2.45) is 0 Å². The van der Waals surface area contributed by atoms with Gasteiger partial charge in [0.25, 0.3) is 0 Å². The van der Waals surface area contributed by atoms with E-state index in [0.29, 0.717) is 0 Å². The minimum Gasteiger partial charge on any atom is -0.465 e. The van der Waals surface area contributed by atoms with Crippen LogP contribution in [0.25, 0.3) is 0 Å². The first kappa shape index (κ1) is 15.9. The standard InChI is InChI=1S/C12H11F4NO3/c1-20-10(18)8-2-3-9(13)7(6-8)4-5-17-11(19)12(14,15)16/h2-3,6H,4-5H2,1H3,(H,17,19). The zero-order valence-corrected chi connectivity index (χ0v) is 10.4. The molecular formula is C12H11F4NO3. The molecule has 0 saturated heterocycles. The zero-order valence-electron chi connectivity index (χ0n) is 10.4. The number of hydrogen-bond donors (Lipinski definition) is 1. The lowest BCUT2D eigenvalue weighted by molar-refractivity contribution is -0.173. The lowest BCUT2D eigenvalue weighted by Gasteiger charge is -2.09. The van der Waals surface area contributed by atoms with Crippen LogP contribution in [0.1, 0.15) is 15.9 Å². The molecule has 20 heavy (non-hydrogen) atoms. The smallest absolute Gasteiger partial charge is 0.465 e. The number of hydrogen-bond acceptors (Lipinski definition) is 3. The normalized spacial score (nSPS) is 11.1. The molecule has 1 aromatic carbocycles. The molecule has 1 rings (SSSR count). The van der Waals surface area contributed by atoms with Gasteiger partial charge in [-0.2, -0.15) is 13.2 Å². The molecule has 1 amide bonds. The minimum absolute atomic E-state index is 0.00961. The van der Waals surface area contributed by atoms with Crippen molar-refractivity contribution in [3.8, 4) is 0 Å². The Labute approximate surface area is 111 Å². The van der Waals surface area contributed by atoms with Crippen LogP contribution in [0.4, 0.5) is 17.6 Å². The average Bonchev–Trinajstić information content (AvgIpc) is 2.38. The summed E-state index contributed by atoms with van der Waals surface area (Å²) < 4.78 is 53.6. The second-order valence-corrected chi connectivity index (χ2v) is 3.80. The fourth-order valence-electron chi connectivity index (χ4n) is 1.42. The number of methoxy groups -OCH3 is 1. The number of carbonyl (C=O) groups excluding carboxylic acids is 2. The SMILES string of the molecule is COC(=O)c1ccc(F)c(CCNC(=O)C(F)(F)F)c1. The van der Waals surface area contributed by atoms with Crippen LogP contribution in [0.2, 0.25) is 0 Å². The molecular weight excluding hydrogens is 282 g/mol. The van der Waals surface area contributed by atoms with E-state index in [1.54, 1.807) is 5.32 Å². The highest BCUT2D eigenvalue weighted by molar-refractivity contribution is 5.89. The molecule has 1 N–H and O–H groups in total. The van der Waals surface area contributed by atoms with E-state index in [1.165, 1.54) is 12.1 Å². The molecule has 0 aromatic heterocycles. The van der Waals surface area contributed by atoms with Crippen molar-refractivity contribution in [3.05, 3.63) is 35.1 Å². The Hall–Kier alpha value is -2.12. The quantitative estimate of drug-likeness (QED) is 0.680. The molecule has 0 spiro atoms. The third kappa shape index (κ3) is 4.22. The second kappa shape index (κ2) is 6.36. The van der Waals surface area contributed by atoms with Gasteiger partial charge in [0.15, 0.2) is 0 Å². The van der Waals surface area contributed by atoms with Crippen molar-refractivity contribution >= 4 is 11.9 Å². The van der Waals surface area contributed by atoms with E-state index in [9.17, 15) is 27.2 Å². The van der Waals surface area contributed by atoms with E-state index < -0.39 is 30.4 Å². The monoisotopic (exact) mass is 293 g/mol. The zero-order chi connectivity index (χ0) is 15.3. The van der Waals surface area contributed by atoms with Gasteiger partial charge < -0.3 is 10.1 Å². The number of halogens is 4. The third-order valence-electron chi connectivity index (χ3n) is 2.40. The van der Waals surface area contributed by atoms with Crippen LogP contribution < -0.4 is 5.32 Å². The first-order chi connectivity index (χ1) is 9.25. The number of benzene rings is 1. The maximum absolute atomic E-state index is 13.4. The van der Waals surface area contributed by atoms with Crippen LogP contribution in [0.3, 0.4) is 0 Å². The van der Waals surface area contributed by atoms with Gasteiger partial charge >= 0.3 is 18.1 Å². The molecule has 4 nitrogen and oxygen atoms in total. The minimum atomic E-state index is -4.98. The summed E-state index contributed by atoms with van der Waals surface area (Å²) in [4.78, 5) is 21.8. The van der Waals surface area contributed by atoms with E-state index in [2.05, 4.69) is 4.74 Å². The highest BCUT2D eigenvalue weighted by atomic mass is 19.4. The van der Waals surface area contributed by atoms with Crippen LogP contribution in [-0.4, -0.2) is 31.7 Å². The highest BCUT2D eigenvalue weighted by Gasteiger charge is 2.38. The Morgan fingerprint density at radius 3 is 2.50 bits per heavy atom. The Bertz CT molecular complexity index is 514. The van der Waals surface area contributed by atoms with Crippen LogP contribution in [0, 0.1) is 5.82 Å². The third-order valence-corrected chi connectivity index (χ3v) is 2.40. The van der Waals surface area contributed by atoms with Gasteiger partial charge in [0.05, 0.1) is 12.7 Å². The molecule has 0 fully saturated rings. The molecule has 0 aliphatic heterocycles. The average molecular weight is 293 g/mol. The molecule has 0 saturated carbocycles. The Morgan fingerprint density at radius 1 is 1.30 bits per heavy atom. The molecule has 0 heterocycles. The van der Waals surface area contributed by atoms with Crippen LogP contribution >= 0.6 is 0 Å². The molecule has 0 radical (unpaired) electrons. The van der Waals surface area contributed by atoms with Crippen LogP contribution in [0.5, 0.6) is 0 Å². The Morgan fingerprint density at radius 2 is 1.95 bits per heavy atom. The molecule has 8 heteroatoms. The van der Waals surface area contributed by atoms with Crippen molar-refractivity contribution in [2.45, 2.75) is 12.6 Å². The number of ether oxygens (including phenoxy) is 1. The summed E-state index contributed by atoms with van der Waals surface area (Å²) in [6.07, 6.45) is -5.16. The predicted octanol–water partition coefficient (Wildman–Crippen LogP) is 1.83. The van der Waals surface area contributed by atoms with Crippen molar-refractivity contribution in [1.29, 1.82) is 0 Å². The Kier molecular flexibility index (Phi) is 5.06. The van der Waals surface area contributed by atoms with Gasteiger partial charge in [0.2, 0.25) is 0 Å².